The zero-order valence-corrected chi connectivity index (χ0v) is 16.1. The van der Waals surface area contributed by atoms with Gasteiger partial charge in [0.2, 0.25) is 0 Å². The molecule has 0 saturated heterocycles. The number of fused-ring (bicyclic) bond motifs is 2. The molecule has 24 heavy (non-hydrogen) atoms. The summed E-state index contributed by atoms with van der Waals surface area (Å²) in [4.78, 5) is 0. The minimum absolute atomic E-state index is 0. The van der Waals surface area contributed by atoms with Crippen molar-refractivity contribution in [3.05, 3.63) is 72.8 Å². The average Bonchev–Trinajstić information content (AvgIpc) is 2.52. The average molecular weight is 386 g/mol. The molecule has 0 atom stereocenters. The van der Waals surface area contributed by atoms with Gasteiger partial charge in [-0.25, -0.2) is 0 Å². The van der Waals surface area contributed by atoms with Gasteiger partial charge in [0.25, 0.3) is 0 Å². The van der Waals surface area contributed by atoms with E-state index in [4.69, 9.17) is 0 Å². The Bertz CT molecular complexity index is 936. The van der Waals surface area contributed by atoms with Crippen molar-refractivity contribution in [1.29, 1.82) is 0 Å². The maximum Gasteiger partial charge on any atom is 3.00 e. The molecule has 0 aliphatic rings. The van der Waals surface area contributed by atoms with E-state index >= 15 is 0 Å². The van der Waals surface area contributed by atoms with Crippen LogP contribution < -0.4 is 37.2 Å². The molecular formula is C20H12AlCl3. The largest absolute Gasteiger partial charge is 3.00 e. The maximum absolute atomic E-state index is 2.25. The van der Waals surface area contributed by atoms with Crippen molar-refractivity contribution in [2.75, 3.05) is 0 Å². The van der Waals surface area contributed by atoms with Gasteiger partial charge in [-0.1, -0.05) is 72.8 Å². The summed E-state index contributed by atoms with van der Waals surface area (Å²) in [6.45, 7) is 0. The van der Waals surface area contributed by atoms with Gasteiger partial charge in [0.15, 0.2) is 0 Å². The molecular weight excluding hydrogens is 374 g/mol. The summed E-state index contributed by atoms with van der Waals surface area (Å²) in [5.41, 5.74) is 0. The van der Waals surface area contributed by atoms with Crippen molar-refractivity contribution in [1.82, 2.24) is 0 Å². The monoisotopic (exact) mass is 384 g/mol. The van der Waals surface area contributed by atoms with E-state index in [2.05, 4.69) is 72.8 Å². The quantitative estimate of drug-likeness (QED) is 0.147. The van der Waals surface area contributed by atoms with E-state index in [-0.39, 0.29) is 54.6 Å². The Labute approximate surface area is 169 Å². The van der Waals surface area contributed by atoms with Crippen LogP contribution in [0.2, 0.25) is 0 Å². The second-order valence-electron chi connectivity index (χ2n) is 5.42. The molecule has 0 aliphatic carbocycles. The molecule has 4 heteroatoms. The van der Waals surface area contributed by atoms with E-state index in [0.29, 0.717) is 0 Å². The van der Waals surface area contributed by atoms with Crippen LogP contribution in [0.1, 0.15) is 0 Å². The first-order valence-corrected chi connectivity index (χ1v) is 6.98. The van der Waals surface area contributed by atoms with Crippen LogP contribution in [0.25, 0.3) is 43.1 Å². The fourth-order valence-corrected chi connectivity index (χ4v) is 3.58. The molecule has 5 rings (SSSR count). The van der Waals surface area contributed by atoms with Gasteiger partial charge in [0.05, 0.1) is 0 Å². The first-order chi connectivity index (χ1) is 9.93. The van der Waals surface area contributed by atoms with Crippen LogP contribution in [-0.4, -0.2) is 17.4 Å². The zero-order chi connectivity index (χ0) is 13.1. The topological polar surface area (TPSA) is 0 Å². The van der Waals surface area contributed by atoms with Crippen LogP contribution in [0, 0.1) is 0 Å². The fraction of sp³-hybridized carbons (Fsp3) is 0. The van der Waals surface area contributed by atoms with Gasteiger partial charge in [-0.2, -0.15) is 0 Å². The van der Waals surface area contributed by atoms with Crippen molar-refractivity contribution >= 4 is 60.5 Å². The van der Waals surface area contributed by atoms with Gasteiger partial charge in [0.1, 0.15) is 0 Å². The summed E-state index contributed by atoms with van der Waals surface area (Å²) in [5, 5.41) is 10.9. The van der Waals surface area contributed by atoms with Gasteiger partial charge >= 0.3 is 17.4 Å². The first-order valence-electron chi connectivity index (χ1n) is 6.98. The number of halogens is 3. The molecule has 0 unspecified atom stereocenters. The van der Waals surface area contributed by atoms with Crippen LogP contribution >= 0.6 is 0 Å². The van der Waals surface area contributed by atoms with Crippen LogP contribution in [0.15, 0.2) is 72.8 Å². The maximum atomic E-state index is 2.25. The number of hydrogen-bond acceptors (Lipinski definition) is 0. The molecule has 0 amide bonds. The van der Waals surface area contributed by atoms with Gasteiger partial charge in [0, 0.05) is 0 Å². The third-order valence-corrected chi connectivity index (χ3v) is 4.39. The zero-order valence-electron chi connectivity index (χ0n) is 12.6. The normalized spacial score (nSPS) is 10.0. The minimum Gasteiger partial charge on any atom is -1.00 e. The van der Waals surface area contributed by atoms with E-state index in [1.54, 1.807) is 0 Å². The van der Waals surface area contributed by atoms with Crippen molar-refractivity contribution in [2.24, 2.45) is 0 Å². The summed E-state index contributed by atoms with van der Waals surface area (Å²) in [6, 6.07) is 26.4. The molecule has 0 saturated carbocycles. The molecule has 0 radical (unpaired) electrons. The van der Waals surface area contributed by atoms with Crippen LogP contribution in [0.3, 0.4) is 0 Å². The smallest absolute Gasteiger partial charge is 1.00 e. The fourth-order valence-electron chi connectivity index (χ4n) is 3.58. The summed E-state index contributed by atoms with van der Waals surface area (Å²) in [7, 11) is 0. The number of rotatable bonds is 0. The van der Waals surface area contributed by atoms with Crippen molar-refractivity contribution < 1.29 is 37.2 Å². The molecule has 0 heterocycles. The summed E-state index contributed by atoms with van der Waals surface area (Å²) >= 11 is 0. The van der Waals surface area contributed by atoms with Crippen LogP contribution in [-0.2, 0) is 0 Å². The molecule has 5 aromatic rings. The molecule has 0 nitrogen and oxygen atoms in total. The van der Waals surface area contributed by atoms with Crippen molar-refractivity contribution in [3.63, 3.8) is 0 Å². The predicted octanol–water partition coefficient (Wildman–Crippen LogP) is -3.63. The Morgan fingerprint density at radius 1 is 0.375 bits per heavy atom. The van der Waals surface area contributed by atoms with Crippen LogP contribution in [0.4, 0.5) is 0 Å². The van der Waals surface area contributed by atoms with E-state index < -0.39 is 0 Å². The molecule has 0 bridgehead atoms. The van der Waals surface area contributed by atoms with E-state index in [1.807, 2.05) is 0 Å². The number of hydrogen-bond donors (Lipinski definition) is 0. The Morgan fingerprint density at radius 3 is 0.875 bits per heavy atom. The SMILES string of the molecule is [Al+3].[Cl-].[Cl-].[Cl-].c1cc2cccc3c4cccc5cccc(c(c1)c23)c54. The van der Waals surface area contributed by atoms with E-state index in [9.17, 15) is 0 Å². The predicted molar refractivity (Wildman–Crippen MR) is 93.4 cm³/mol. The summed E-state index contributed by atoms with van der Waals surface area (Å²) in [5.74, 6) is 0. The Hall–Kier alpha value is -1.20. The molecule has 5 aromatic carbocycles. The van der Waals surface area contributed by atoms with E-state index in [0.717, 1.165) is 0 Å². The van der Waals surface area contributed by atoms with Gasteiger partial charge in [-0.3, -0.25) is 0 Å². The van der Waals surface area contributed by atoms with Crippen LogP contribution in [0.5, 0.6) is 0 Å². The third kappa shape index (κ3) is 2.72. The van der Waals surface area contributed by atoms with Gasteiger partial charge in [-0.15, -0.1) is 0 Å². The van der Waals surface area contributed by atoms with Gasteiger partial charge in [-0.05, 0) is 43.1 Å². The Kier molecular flexibility index (Phi) is 6.77. The van der Waals surface area contributed by atoms with E-state index in [1.165, 1.54) is 43.1 Å². The number of benzene rings is 5. The second kappa shape index (κ2) is 7.79. The van der Waals surface area contributed by atoms with Crippen molar-refractivity contribution in [2.45, 2.75) is 0 Å². The molecule has 0 aromatic heterocycles. The standard InChI is InChI=1S/C20H12.Al.3ClH/c1-5-13-6-2-11-17-18-12-4-8-14-7-3-10-16(20(14)18)15(9-1)19(13)17;;;;/h1-12H;;3*1H/q;+3;;;/p-3. The third-order valence-electron chi connectivity index (χ3n) is 4.39. The molecule has 0 aliphatic heterocycles. The Morgan fingerprint density at radius 2 is 0.625 bits per heavy atom. The molecule has 0 fully saturated rings. The summed E-state index contributed by atoms with van der Waals surface area (Å²) in [6.07, 6.45) is 0. The molecule has 0 N–H and O–H groups in total. The van der Waals surface area contributed by atoms with Crippen molar-refractivity contribution in [3.8, 4) is 0 Å². The molecule has 116 valence electrons. The minimum atomic E-state index is 0. The second-order valence-corrected chi connectivity index (χ2v) is 5.42. The van der Waals surface area contributed by atoms with Gasteiger partial charge < -0.3 is 37.2 Å². The first kappa shape index (κ1) is 20.8. The summed E-state index contributed by atoms with van der Waals surface area (Å²) < 4.78 is 0. The Balaban J connectivity index is 0.000000720. The molecule has 0 spiro atoms.